The van der Waals surface area contributed by atoms with Gasteiger partial charge in [0.15, 0.2) is 9.84 Å². The Morgan fingerprint density at radius 1 is 1.22 bits per heavy atom. The molecule has 0 saturated heterocycles. The summed E-state index contributed by atoms with van der Waals surface area (Å²) in [6, 6.07) is 11.6. The van der Waals surface area contributed by atoms with Crippen molar-refractivity contribution in [1.29, 1.82) is 0 Å². The number of nitro groups is 1. The standard InChI is InChI=1S/C16H15NO5S/c1-3-23(20,21)15-10-9-14(22-2)16(13(15)11-17(18)19)12-7-5-4-6-8-12/h3-10H,1,11H2,2H3. The van der Waals surface area contributed by atoms with E-state index in [0.717, 1.165) is 5.41 Å². The van der Waals surface area contributed by atoms with E-state index in [-0.39, 0.29) is 10.5 Å². The Hall–Kier alpha value is -2.67. The van der Waals surface area contributed by atoms with E-state index in [4.69, 9.17) is 4.74 Å². The first-order chi connectivity index (χ1) is 10.9. The number of benzene rings is 2. The Kier molecular flexibility index (Phi) is 4.80. The zero-order valence-electron chi connectivity index (χ0n) is 12.4. The minimum atomic E-state index is -3.83. The summed E-state index contributed by atoms with van der Waals surface area (Å²) in [6.07, 6.45) is 0. The molecule has 2 aromatic rings. The fraction of sp³-hybridized carbons (Fsp3) is 0.125. The van der Waals surface area contributed by atoms with Gasteiger partial charge in [0.25, 0.3) is 0 Å². The summed E-state index contributed by atoms with van der Waals surface area (Å²) in [5, 5.41) is 11.8. The monoisotopic (exact) mass is 333 g/mol. The number of hydrogen-bond acceptors (Lipinski definition) is 5. The van der Waals surface area contributed by atoms with Gasteiger partial charge in [0.1, 0.15) is 5.75 Å². The van der Waals surface area contributed by atoms with Crippen LogP contribution in [0.15, 0.2) is 59.3 Å². The van der Waals surface area contributed by atoms with Gasteiger partial charge in [-0.3, -0.25) is 10.1 Å². The van der Waals surface area contributed by atoms with Crippen LogP contribution in [0.5, 0.6) is 5.75 Å². The Balaban J connectivity index is 2.88. The maximum atomic E-state index is 12.2. The molecule has 0 aliphatic rings. The SMILES string of the molecule is C=CS(=O)(=O)c1ccc(OC)c(-c2ccccc2)c1C[N+](=O)[O-]. The molecule has 0 aliphatic carbocycles. The molecule has 0 aliphatic heterocycles. The Bertz CT molecular complexity index is 844. The highest BCUT2D eigenvalue weighted by atomic mass is 32.2. The molecule has 0 spiro atoms. The highest BCUT2D eigenvalue weighted by molar-refractivity contribution is 7.94. The minimum absolute atomic E-state index is 0.0838. The van der Waals surface area contributed by atoms with Crippen LogP contribution in [-0.2, 0) is 16.4 Å². The van der Waals surface area contributed by atoms with Crippen LogP contribution < -0.4 is 4.74 Å². The molecule has 0 radical (unpaired) electrons. The quantitative estimate of drug-likeness (QED) is 0.599. The van der Waals surface area contributed by atoms with Crippen molar-refractivity contribution >= 4 is 9.84 Å². The van der Waals surface area contributed by atoms with E-state index in [2.05, 4.69) is 6.58 Å². The third-order valence-corrected chi connectivity index (χ3v) is 4.76. The maximum absolute atomic E-state index is 12.2. The van der Waals surface area contributed by atoms with Crippen molar-refractivity contribution in [2.75, 3.05) is 7.11 Å². The normalized spacial score (nSPS) is 11.0. The lowest BCUT2D eigenvalue weighted by Gasteiger charge is -2.15. The van der Waals surface area contributed by atoms with Gasteiger partial charge in [-0.15, -0.1) is 0 Å². The van der Waals surface area contributed by atoms with Crippen molar-refractivity contribution in [2.45, 2.75) is 11.4 Å². The molecular weight excluding hydrogens is 318 g/mol. The fourth-order valence-corrected chi connectivity index (χ4v) is 3.29. The molecule has 0 aromatic heterocycles. The molecule has 0 bridgehead atoms. The van der Waals surface area contributed by atoms with Crippen molar-refractivity contribution in [3.63, 3.8) is 0 Å². The summed E-state index contributed by atoms with van der Waals surface area (Å²) in [5.41, 5.74) is 1.12. The molecule has 0 atom stereocenters. The number of sulfone groups is 1. The average Bonchev–Trinajstić information content (AvgIpc) is 2.54. The number of ether oxygens (including phenoxy) is 1. The minimum Gasteiger partial charge on any atom is -0.496 e. The highest BCUT2D eigenvalue weighted by Crippen LogP contribution is 2.37. The largest absolute Gasteiger partial charge is 0.496 e. The average molecular weight is 333 g/mol. The van der Waals surface area contributed by atoms with E-state index in [1.165, 1.54) is 19.2 Å². The van der Waals surface area contributed by atoms with Gasteiger partial charge in [-0.05, 0) is 17.7 Å². The van der Waals surface area contributed by atoms with E-state index < -0.39 is 21.3 Å². The molecule has 2 aromatic carbocycles. The predicted octanol–water partition coefficient (Wildman–Crippen LogP) is 3.06. The summed E-state index contributed by atoms with van der Waals surface area (Å²) in [5.74, 6) is 0.371. The van der Waals surface area contributed by atoms with Crippen molar-refractivity contribution in [3.05, 3.63) is 70.1 Å². The van der Waals surface area contributed by atoms with Crippen LogP contribution in [0.25, 0.3) is 11.1 Å². The predicted molar refractivity (Wildman–Crippen MR) is 86.5 cm³/mol. The fourth-order valence-electron chi connectivity index (χ4n) is 2.34. The van der Waals surface area contributed by atoms with Crippen LogP contribution in [0.4, 0.5) is 0 Å². The van der Waals surface area contributed by atoms with Crippen molar-refractivity contribution in [2.24, 2.45) is 0 Å². The summed E-state index contributed by atoms with van der Waals surface area (Å²) in [4.78, 5) is 10.4. The second kappa shape index (κ2) is 6.62. The molecule has 0 fully saturated rings. The van der Waals surface area contributed by atoms with Crippen LogP contribution >= 0.6 is 0 Å². The Morgan fingerprint density at radius 3 is 2.39 bits per heavy atom. The highest BCUT2D eigenvalue weighted by Gasteiger charge is 2.25. The van der Waals surface area contributed by atoms with Gasteiger partial charge in [-0.1, -0.05) is 36.9 Å². The smallest absolute Gasteiger partial charge is 0.230 e. The molecule has 0 amide bonds. The summed E-state index contributed by atoms with van der Waals surface area (Å²) in [6.45, 7) is 2.65. The summed E-state index contributed by atoms with van der Waals surface area (Å²) < 4.78 is 29.7. The zero-order chi connectivity index (χ0) is 17.0. The topological polar surface area (TPSA) is 86.5 Å². The van der Waals surface area contributed by atoms with Crippen molar-refractivity contribution in [1.82, 2.24) is 0 Å². The lowest BCUT2D eigenvalue weighted by atomic mass is 9.98. The number of hydrogen-bond donors (Lipinski definition) is 0. The number of rotatable bonds is 6. The third kappa shape index (κ3) is 3.40. The molecule has 23 heavy (non-hydrogen) atoms. The van der Waals surface area contributed by atoms with Crippen LogP contribution in [0.2, 0.25) is 0 Å². The lowest BCUT2D eigenvalue weighted by Crippen LogP contribution is -2.09. The van der Waals surface area contributed by atoms with E-state index in [0.29, 0.717) is 16.9 Å². The summed E-state index contributed by atoms with van der Waals surface area (Å²) >= 11 is 0. The molecule has 0 heterocycles. The third-order valence-electron chi connectivity index (χ3n) is 3.33. The van der Waals surface area contributed by atoms with Gasteiger partial charge in [-0.2, -0.15) is 0 Å². The Labute approximate surface area is 134 Å². The molecule has 0 saturated carbocycles. The van der Waals surface area contributed by atoms with Gasteiger partial charge in [-0.25, -0.2) is 8.42 Å². The lowest BCUT2D eigenvalue weighted by molar-refractivity contribution is -0.497. The van der Waals surface area contributed by atoms with Crippen LogP contribution in [0.3, 0.4) is 0 Å². The first-order valence-corrected chi connectivity index (χ1v) is 8.20. The van der Waals surface area contributed by atoms with Crippen LogP contribution in [-0.4, -0.2) is 20.5 Å². The number of nitrogens with zero attached hydrogens (tertiary/aromatic N) is 1. The molecule has 0 unspecified atom stereocenters. The van der Waals surface area contributed by atoms with Gasteiger partial charge in [0, 0.05) is 15.9 Å². The molecule has 6 nitrogen and oxygen atoms in total. The summed E-state index contributed by atoms with van der Waals surface area (Å²) in [7, 11) is -2.40. The molecule has 7 heteroatoms. The van der Waals surface area contributed by atoms with Gasteiger partial charge < -0.3 is 4.74 Å². The van der Waals surface area contributed by atoms with Crippen LogP contribution in [0.1, 0.15) is 5.56 Å². The van der Waals surface area contributed by atoms with E-state index in [1.807, 2.05) is 0 Å². The van der Waals surface area contributed by atoms with Crippen molar-refractivity contribution < 1.29 is 18.1 Å². The van der Waals surface area contributed by atoms with E-state index in [9.17, 15) is 18.5 Å². The second-order valence-corrected chi connectivity index (χ2v) is 6.55. The van der Waals surface area contributed by atoms with E-state index >= 15 is 0 Å². The van der Waals surface area contributed by atoms with Gasteiger partial charge in [0.2, 0.25) is 6.54 Å². The molecular formula is C16H15NO5S. The first kappa shape index (κ1) is 16.7. The molecule has 120 valence electrons. The van der Waals surface area contributed by atoms with E-state index in [1.54, 1.807) is 30.3 Å². The second-order valence-electron chi connectivity index (χ2n) is 4.69. The van der Waals surface area contributed by atoms with Crippen LogP contribution in [0, 0.1) is 10.1 Å². The van der Waals surface area contributed by atoms with Crippen molar-refractivity contribution in [3.8, 4) is 16.9 Å². The molecule has 2 rings (SSSR count). The van der Waals surface area contributed by atoms with Gasteiger partial charge in [0.05, 0.1) is 17.6 Å². The Morgan fingerprint density at radius 2 is 1.87 bits per heavy atom. The van der Waals surface area contributed by atoms with Gasteiger partial charge >= 0.3 is 0 Å². The molecule has 0 N–H and O–H groups in total. The zero-order valence-corrected chi connectivity index (χ0v) is 13.2. The first-order valence-electron chi connectivity index (χ1n) is 6.65. The maximum Gasteiger partial charge on any atom is 0.230 e. The number of methoxy groups -OCH3 is 1.